The van der Waals surface area contributed by atoms with Gasteiger partial charge in [-0.05, 0) is 116 Å². The zero-order chi connectivity index (χ0) is 27.4. The number of halogens is 3. The zero-order valence-electron chi connectivity index (χ0n) is 22.8. The molecule has 0 bridgehead atoms. The Morgan fingerprint density at radius 3 is 1.85 bits per heavy atom. The van der Waals surface area contributed by atoms with Crippen molar-refractivity contribution in [2.24, 2.45) is 17.8 Å². The Labute approximate surface area is 231 Å². The molecule has 0 aromatic heterocycles. The van der Waals surface area contributed by atoms with E-state index in [0.717, 1.165) is 35.8 Å². The molecule has 204 valence electrons. The summed E-state index contributed by atoms with van der Waals surface area (Å²) in [6.45, 7) is 7.61. The van der Waals surface area contributed by atoms with E-state index in [4.69, 9.17) is 0 Å². The van der Waals surface area contributed by atoms with Crippen LogP contribution in [0.25, 0.3) is 22.3 Å². The first kappa shape index (κ1) is 27.5. The lowest BCUT2D eigenvalue weighted by molar-refractivity contribution is 0.171. The predicted octanol–water partition coefficient (Wildman–Crippen LogP) is 10.8. The molecular weight excluding hydrogens is 489 g/mol. The summed E-state index contributed by atoms with van der Waals surface area (Å²) in [5.74, 6) is 0.908. The van der Waals surface area contributed by atoms with E-state index in [9.17, 15) is 8.78 Å². The maximum Gasteiger partial charge on any atom is 0.166 e. The van der Waals surface area contributed by atoms with Crippen LogP contribution in [0, 0.1) is 35.2 Å². The van der Waals surface area contributed by atoms with Crippen LogP contribution in [-0.2, 0) is 6.42 Å². The van der Waals surface area contributed by atoms with Gasteiger partial charge in [0, 0.05) is 11.1 Å². The quantitative estimate of drug-likeness (QED) is 0.255. The average Bonchev–Trinajstić information content (AvgIpc) is 2.98. The summed E-state index contributed by atoms with van der Waals surface area (Å²) >= 11 is 0. The molecule has 5 rings (SSSR count). The van der Waals surface area contributed by atoms with E-state index in [0.29, 0.717) is 41.4 Å². The molecule has 2 aliphatic rings. The molecule has 0 heterocycles. The molecule has 0 aliphatic heterocycles. The molecule has 0 N–H and O–H groups in total. The van der Waals surface area contributed by atoms with Gasteiger partial charge in [0.15, 0.2) is 11.6 Å². The average molecular weight is 529 g/mol. The third-order valence-corrected chi connectivity index (χ3v) is 9.34. The Balaban J connectivity index is 1.24. The smallest absolute Gasteiger partial charge is 0.166 e. The van der Waals surface area contributed by atoms with Crippen LogP contribution in [0.3, 0.4) is 0 Å². The van der Waals surface area contributed by atoms with Gasteiger partial charge in [0.25, 0.3) is 0 Å². The van der Waals surface area contributed by atoms with E-state index in [2.05, 4.69) is 25.3 Å². The predicted molar refractivity (Wildman–Crippen MR) is 156 cm³/mol. The van der Waals surface area contributed by atoms with E-state index in [1.807, 2.05) is 6.07 Å². The third kappa shape index (κ3) is 6.08. The highest BCUT2D eigenvalue weighted by Crippen LogP contribution is 2.44. The van der Waals surface area contributed by atoms with Gasteiger partial charge >= 0.3 is 0 Å². The first-order chi connectivity index (χ1) is 19.0. The van der Waals surface area contributed by atoms with Gasteiger partial charge in [0.05, 0.1) is 0 Å². The molecule has 2 fully saturated rings. The fourth-order valence-electron chi connectivity index (χ4n) is 6.89. The Hall–Kier alpha value is -3.07. The van der Waals surface area contributed by atoms with Crippen molar-refractivity contribution in [1.82, 2.24) is 0 Å². The standard InChI is InChI=1S/C36H39F3/c1-3-5-6-30-19-22-33(36(39)35(30)38)29-17-15-28(16-18-29)32-21-20-31(23-34(32)37)27-13-11-26(12-14-27)25-9-7-24(4-2)8-10-25/h3-4,15-27H,1-2,5-14H2. The van der Waals surface area contributed by atoms with Crippen molar-refractivity contribution in [3.63, 3.8) is 0 Å². The fourth-order valence-corrected chi connectivity index (χ4v) is 6.89. The van der Waals surface area contributed by atoms with Crippen molar-refractivity contribution in [3.8, 4) is 22.3 Å². The van der Waals surface area contributed by atoms with Crippen LogP contribution in [0.15, 0.2) is 79.9 Å². The summed E-state index contributed by atoms with van der Waals surface area (Å²) in [6, 6.07) is 15.9. The molecule has 3 heteroatoms. The molecular formula is C36H39F3. The van der Waals surface area contributed by atoms with Crippen molar-refractivity contribution >= 4 is 0 Å². The number of hydrogen-bond donors (Lipinski definition) is 0. The summed E-state index contributed by atoms with van der Waals surface area (Å²) in [4.78, 5) is 0. The van der Waals surface area contributed by atoms with E-state index >= 15 is 4.39 Å². The number of benzene rings is 3. The Bertz CT molecular complexity index is 1290. The SMILES string of the molecule is C=CCCc1ccc(-c2ccc(-c3ccc(C4CCC(C5CCC(C=C)CC5)CC4)cc3F)cc2)c(F)c1F. The molecule has 3 aromatic rings. The minimum Gasteiger partial charge on any atom is -0.206 e. The van der Waals surface area contributed by atoms with Crippen LogP contribution in [0.1, 0.15) is 74.8 Å². The maximum absolute atomic E-state index is 15.3. The van der Waals surface area contributed by atoms with Gasteiger partial charge < -0.3 is 0 Å². The Kier molecular flexibility index (Phi) is 8.75. The lowest BCUT2D eigenvalue weighted by atomic mass is 9.68. The first-order valence-corrected chi connectivity index (χ1v) is 14.6. The molecule has 0 atom stereocenters. The van der Waals surface area contributed by atoms with Crippen molar-refractivity contribution in [3.05, 3.63) is 108 Å². The van der Waals surface area contributed by atoms with Gasteiger partial charge in [-0.2, -0.15) is 0 Å². The maximum atomic E-state index is 15.3. The second-order valence-corrected chi connectivity index (χ2v) is 11.6. The highest BCUT2D eigenvalue weighted by atomic mass is 19.2. The van der Waals surface area contributed by atoms with Crippen LogP contribution in [0.2, 0.25) is 0 Å². The van der Waals surface area contributed by atoms with Gasteiger partial charge in [0.2, 0.25) is 0 Å². The zero-order valence-corrected chi connectivity index (χ0v) is 22.8. The normalized spacial score (nSPS) is 23.4. The second-order valence-electron chi connectivity index (χ2n) is 11.6. The van der Waals surface area contributed by atoms with Crippen LogP contribution in [0.5, 0.6) is 0 Å². The van der Waals surface area contributed by atoms with Gasteiger partial charge in [0.1, 0.15) is 5.82 Å². The van der Waals surface area contributed by atoms with Crippen LogP contribution in [-0.4, -0.2) is 0 Å². The Morgan fingerprint density at radius 2 is 1.26 bits per heavy atom. The summed E-state index contributed by atoms with van der Waals surface area (Å²) in [7, 11) is 0. The molecule has 2 aliphatic carbocycles. The van der Waals surface area contributed by atoms with E-state index in [-0.39, 0.29) is 11.4 Å². The third-order valence-electron chi connectivity index (χ3n) is 9.34. The fraction of sp³-hybridized carbons (Fsp3) is 0.389. The molecule has 0 spiro atoms. The minimum absolute atomic E-state index is 0.210. The van der Waals surface area contributed by atoms with Gasteiger partial charge in [-0.3, -0.25) is 0 Å². The molecule has 39 heavy (non-hydrogen) atoms. The van der Waals surface area contributed by atoms with Crippen LogP contribution < -0.4 is 0 Å². The number of aryl methyl sites for hydroxylation is 1. The molecule has 0 unspecified atom stereocenters. The summed E-state index contributed by atoms with van der Waals surface area (Å²) in [5, 5.41) is 0. The number of hydrogen-bond acceptors (Lipinski definition) is 0. The minimum atomic E-state index is -0.848. The highest BCUT2D eigenvalue weighted by Gasteiger charge is 2.31. The van der Waals surface area contributed by atoms with Gasteiger partial charge in [-0.25, -0.2) is 13.2 Å². The van der Waals surface area contributed by atoms with E-state index < -0.39 is 11.6 Å². The van der Waals surface area contributed by atoms with Crippen molar-refractivity contribution in [2.75, 3.05) is 0 Å². The molecule has 0 nitrogen and oxygen atoms in total. The molecule has 3 aromatic carbocycles. The van der Waals surface area contributed by atoms with Crippen LogP contribution in [0.4, 0.5) is 13.2 Å². The lowest BCUT2D eigenvalue weighted by Crippen LogP contribution is -2.25. The van der Waals surface area contributed by atoms with Crippen LogP contribution >= 0.6 is 0 Å². The topological polar surface area (TPSA) is 0 Å². The molecule has 0 amide bonds. The Morgan fingerprint density at radius 1 is 0.667 bits per heavy atom. The largest absolute Gasteiger partial charge is 0.206 e. The summed E-state index contributed by atoms with van der Waals surface area (Å²) < 4.78 is 44.6. The highest BCUT2D eigenvalue weighted by molar-refractivity contribution is 5.71. The molecule has 2 saturated carbocycles. The van der Waals surface area contributed by atoms with Crippen molar-refractivity contribution in [1.29, 1.82) is 0 Å². The summed E-state index contributed by atoms with van der Waals surface area (Å²) in [5.41, 5.74) is 3.48. The lowest BCUT2D eigenvalue weighted by Gasteiger charge is -2.37. The number of rotatable bonds is 8. The van der Waals surface area contributed by atoms with Crippen molar-refractivity contribution in [2.45, 2.75) is 70.1 Å². The van der Waals surface area contributed by atoms with Gasteiger partial charge in [-0.1, -0.05) is 60.7 Å². The monoisotopic (exact) mass is 528 g/mol. The second kappa shape index (κ2) is 12.4. The van der Waals surface area contributed by atoms with E-state index in [1.54, 1.807) is 48.5 Å². The summed E-state index contributed by atoms with van der Waals surface area (Å²) in [6.07, 6.45) is 14.8. The molecule has 0 saturated heterocycles. The number of allylic oxidation sites excluding steroid dienone is 2. The first-order valence-electron chi connectivity index (χ1n) is 14.6. The van der Waals surface area contributed by atoms with E-state index in [1.165, 1.54) is 38.5 Å². The van der Waals surface area contributed by atoms with Crippen molar-refractivity contribution < 1.29 is 13.2 Å². The molecule has 0 radical (unpaired) electrons. The van der Waals surface area contributed by atoms with Gasteiger partial charge in [-0.15, -0.1) is 13.2 Å².